The summed E-state index contributed by atoms with van der Waals surface area (Å²) in [5.74, 6) is 0.909. The summed E-state index contributed by atoms with van der Waals surface area (Å²) in [7, 11) is 2.19. The molecule has 0 aliphatic heterocycles. The average Bonchev–Trinajstić information content (AvgIpc) is 3.13. The third kappa shape index (κ3) is 4.10. The van der Waals surface area contributed by atoms with Gasteiger partial charge in [-0.3, -0.25) is 4.98 Å². The van der Waals surface area contributed by atoms with E-state index in [0.717, 1.165) is 25.6 Å². The highest BCUT2D eigenvalue weighted by Crippen LogP contribution is 2.32. The molecule has 17 heavy (non-hydrogen) atoms. The number of aromatic nitrogens is 1. The summed E-state index contributed by atoms with van der Waals surface area (Å²) < 4.78 is 0. The first-order valence-corrected chi connectivity index (χ1v) is 6.60. The van der Waals surface area contributed by atoms with Crippen LogP contribution >= 0.6 is 0 Å². The van der Waals surface area contributed by atoms with Gasteiger partial charge in [-0.1, -0.05) is 13.0 Å². The number of pyridine rings is 1. The highest BCUT2D eigenvalue weighted by molar-refractivity contribution is 5.08. The molecule has 0 amide bonds. The molecule has 1 unspecified atom stereocenters. The number of nitrogens with one attached hydrogen (secondary N) is 1. The zero-order valence-electron chi connectivity index (χ0n) is 10.9. The first-order valence-electron chi connectivity index (χ1n) is 6.60. The molecule has 1 aromatic rings. The van der Waals surface area contributed by atoms with Gasteiger partial charge in [0.05, 0.1) is 0 Å². The SMILES string of the molecule is CCNC(CN(C)Cc1cccnc1)C1CC1. The van der Waals surface area contributed by atoms with Gasteiger partial charge in [-0.2, -0.15) is 0 Å². The molecule has 3 nitrogen and oxygen atoms in total. The summed E-state index contributed by atoms with van der Waals surface area (Å²) in [5, 5.41) is 3.60. The molecule has 2 rings (SSSR count). The van der Waals surface area contributed by atoms with Crippen molar-refractivity contribution in [1.29, 1.82) is 0 Å². The normalized spacial score (nSPS) is 17.4. The quantitative estimate of drug-likeness (QED) is 0.779. The summed E-state index contributed by atoms with van der Waals surface area (Å²) in [4.78, 5) is 6.55. The summed E-state index contributed by atoms with van der Waals surface area (Å²) >= 11 is 0. The molecule has 1 aromatic heterocycles. The first kappa shape index (κ1) is 12.5. The van der Waals surface area contributed by atoms with Crippen molar-refractivity contribution in [2.75, 3.05) is 20.1 Å². The Morgan fingerprint density at radius 1 is 1.53 bits per heavy atom. The Hall–Kier alpha value is -0.930. The molecule has 1 aliphatic rings. The fraction of sp³-hybridized carbons (Fsp3) is 0.643. The minimum Gasteiger partial charge on any atom is -0.313 e. The van der Waals surface area contributed by atoms with Crippen LogP contribution in [0, 0.1) is 5.92 Å². The monoisotopic (exact) mass is 233 g/mol. The maximum absolute atomic E-state index is 4.16. The topological polar surface area (TPSA) is 28.2 Å². The lowest BCUT2D eigenvalue weighted by Crippen LogP contribution is -2.40. The maximum atomic E-state index is 4.16. The predicted molar refractivity (Wildman–Crippen MR) is 70.8 cm³/mol. The maximum Gasteiger partial charge on any atom is 0.0312 e. The Bertz CT molecular complexity index is 321. The second-order valence-electron chi connectivity index (χ2n) is 5.06. The molecule has 1 fully saturated rings. The van der Waals surface area contributed by atoms with E-state index in [2.05, 4.69) is 35.2 Å². The van der Waals surface area contributed by atoms with Crippen molar-refractivity contribution in [3.8, 4) is 0 Å². The van der Waals surface area contributed by atoms with Crippen LogP contribution in [0.3, 0.4) is 0 Å². The van der Waals surface area contributed by atoms with Gasteiger partial charge in [-0.05, 0) is 44.0 Å². The third-order valence-corrected chi connectivity index (χ3v) is 3.34. The van der Waals surface area contributed by atoms with Crippen LogP contribution in [0.2, 0.25) is 0 Å². The molecule has 94 valence electrons. The molecule has 3 heteroatoms. The smallest absolute Gasteiger partial charge is 0.0312 e. The van der Waals surface area contributed by atoms with Crippen LogP contribution in [0.15, 0.2) is 24.5 Å². The van der Waals surface area contributed by atoms with Crippen LogP contribution in [0.4, 0.5) is 0 Å². The summed E-state index contributed by atoms with van der Waals surface area (Å²) in [6.07, 6.45) is 6.59. The number of likely N-dealkylation sites (N-methyl/N-ethyl adjacent to an activating group) is 2. The van der Waals surface area contributed by atoms with E-state index in [1.165, 1.54) is 18.4 Å². The fourth-order valence-electron chi connectivity index (χ4n) is 2.34. The van der Waals surface area contributed by atoms with E-state index in [0.29, 0.717) is 6.04 Å². The molecule has 0 radical (unpaired) electrons. The molecule has 1 heterocycles. The van der Waals surface area contributed by atoms with Gasteiger partial charge in [0.25, 0.3) is 0 Å². The lowest BCUT2D eigenvalue weighted by Gasteiger charge is -2.24. The molecular weight excluding hydrogens is 210 g/mol. The molecule has 1 N–H and O–H groups in total. The van der Waals surface area contributed by atoms with Crippen molar-refractivity contribution < 1.29 is 0 Å². The van der Waals surface area contributed by atoms with Crippen molar-refractivity contribution in [2.24, 2.45) is 5.92 Å². The van der Waals surface area contributed by atoms with Gasteiger partial charge >= 0.3 is 0 Å². The Kier molecular flexibility index (Phi) is 4.51. The van der Waals surface area contributed by atoms with Gasteiger partial charge in [0.15, 0.2) is 0 Å². The van der Waals surface area contributed by atoms with E-state index >= 15 is 0 Å². The van der Waals surface area contributed by atoms with Crippen LogP contribution in [0.25, 0.3) is 0 Å². The molecule has 0 bridgehead atoms. The average molecular weight is 233 g/mol. The molecule has 0 spiro atoms. The Morgan fingerprint density at radius 2 is 2.35 bits per heavy atom. The van der Waals surface area contributed by atoms with Crippen LogP contribution in [0.5, 0.6) is 0 Å². The van der Waals surface area contributed by atoms with Crippen molar-refractivity contribution in [1.82, 2.24) is 15.2 Å². The Morgan fingerprint density at radius 3 is 2.94 bits per heavy atom. The third-order valence-electron chi connectivity index (χ3n) is 3.34. The van der Waals surface area contributed by atoms with Gasteiger partial charge < -0.3 is 10.2 Å². The van der Waals surface area contributed by atoms with Crippen LogP contribution in [-0.2, 0) is 6.54 Å². The summed E-state index contributed by atoms with van der Waals surface area (Å²) in [5.41, 5.74) is 1.29. The molecular formula is C14H23N3. The van der Waals surface area contributed by atoms with E-state index in [1.807, 2.05) is 18.5 Å². The lowest BCUT2D eigenvalue weighted by molar-refractivity contribution is 0.269. The van der Waals surface area contributed by atoms with Crippen molar-refractivity contribution in [3.63, 3.8) is 0 Å². The van der Waals surface area contributed by atoms with Gasteiger partial charge in [-0.25, -0.2) is 0 Å². The van der Waals surface area contributed by atoms with Gasteiger partial charge in [0.2, 0.25) is 0 Å². The largest absolute Gasteiger partial charge is 0.313 e. The van der Waals surface area contributed by atoms with E-state index in [9.17, 15) is 0 Å². The predicted octanol–water partition coefficient (Wildman–Crippen LogP) is 1.90. The minimum absolute atomic E-state index is 0.668. The summed E-state index contributed by atoms with van der Waals surface area (Å²) in [6.45, 7) is 5.38. The number of hydrogen-bond donors (Lipinski definition) is 1. The van der Waals surface area contributed by atoms with E-state index in [4.69, 9.17) is 0 Å². The molecule has 1 aliphatic carbocycles. The highest BCUT2D eigenvalue weighted by Gasteiger charge is 2.30. The number of nitrogens with zero attached hydrogens (tertiary/aromatic N) is 2. The van der Waals surface area contributed by atoms with Gasteiger partial charge in [-0.15, -0.1) is 0 Å². The van der Waals surface area contributed by atoms with Crippen molar-refractivity contribution >= 4 is 0 Å². The van der Waals surface area contributed by atoms with Crippen molar-refractivity contribution in [3.05, 3.63) is 30.1 Å². The standard InChI is InChI=1S/C14H23N3/c1-3-16-14(13-6-7-13)11-17(2)10-12-5-4-8-15-9-12/h4-5,8-9,13-14,16H,3,6-7,10-11H2,1-2H3. The van der Waals surface area contributed by atoms with Crippen molar-refractivity contribution in [2.45, 2.75) is 32.4 Å². The number of hydrogen-bond acceptors (Lipinski definition) is 3. The minimum atomic E-state index is 0.668. The zero-order valence-corrected chi connectivity index (χ0v) is 10.9. The lowest BCUT2D eigenvalue weighted by atomic mass is 10.1. The Balaban J connectivity index is 1.81. The highest BCUT2D eigenvalue weighted by atomic mass is 15.1. The fourth-order valence-corrected chi connectivity index (χ4v) is 2.34. The first-order chi connectivity index (χ1) is 8.29. The zero-order chi connectivity index (χ0) is 12.1. The van der Waals surface area contributed by atoms with Crippen LogP contribution in [-0.4, -0.2) is 36.1 Å². The summed E-state index contributed by atoms with van der Waals surface area (Å²) in [6, 6.07) is 4.82. The van der Waals surface area contributed by atoms with Gasteiger partial charge in [0, 0.05) is 31.5 Å². The Labute approximate surface area is 104 Å². The second kappa shape index (κ2) is 6.12. The van der Waals surface area contributed by atoms with E-state index in [-0.39, 0.29) is 0 Å². The second-order valence-corrected chi connectivity index (χ2v) is 5.06. The molecule has 0 saturated heterocycles. The van der Waals surface area contributed by atoms with E-state index < -0.39 is 0 Å². The van der Waals surface area contributed by atoms with E-state index in [1.54, 1.807) is 0 Å². The molecule has 0 aromatic carbocycles. The van der Waals surface area contributed by atoms with Crippen LogP contribution < -0.4 is 5.32 Å². The molecule has 1 atom stereocenters. The molecule has 1 saturated carbocycles. The number of rotatable bonds is 7. The van der Waals surface area contributed by atoms with Crippen LogP contribution in [0.1, 0.15) is 25.3 Å². The van der Waals surface area contributed by atoms with Gasteiger partial charge in [0.1, 0.15) is 0 Å².